The smallest absolute Gasteiger partial charge is 0.219 e. The summed E-state index contributed by atoms with van der Waals surface area (Å²) in [5, 5.41) is 0. The highest BCUT2D eigenvalue weighted by Gasteiger charge is 2.25. The first-order chi connectivity index (χ1) is 8.16. The van der Waals surface area contributed by atoms with Crippen molar-refractivity contribution in [3.63, 3.8) is 0 Å². The van der Waals surface area contributed by atoms with Crippen molar-refractivity contribution < 1.29 is 4.79 Å². The summed E-state index contributed by atoms with van der Waals surface area (Å²) in [5.74, 6) is 1.16. The second-order valence-electron chi connectivity index (χ2n) is 5.81. The first-order valence-electron chi connectivity index (χ1n) is 7.12. The average molecular weight is 238 g/mol. The summed E-state index contributed by atoms with van der Waals surface area (Å²) in [6.07, 6.45) is 8.06. The molecule has 2 fully saturated rings. The molecule has 0 bridgehead atoms. The number of carbonyl (C=O) groups is 1. The van der Waals surface area contributed by atoms with E-state index < -0.39 is 0 Å². The van der Waals surface area contributed by atoms with Gasteiger partial charge in [-0.25, -0.2) is 0 Å². The molecule has 0 aromatic heterocycles. The van der Waals surface area contributed by atoms with Crippen LogP contribution in [-0.4, -0.2) is 48.4 Å². The zero-order valence-electron chi connectivity index (χ0n) is 11.3. The van der Waals surface area contributed by atoms with Gasteiger partial charge in [0.05, 0.1) is 0 Å². The summed E-state index contributed by atoms with van der Waals surface area (Å²) in [7, 11) is 1.94. The van der Waals surface area contributed by atoms with Gasteiger partial charge in [-0.15, -0.1) is 0 Å². The van der Waals surface area contributed by atoms with Gasteiger partial charge in [-0.2, -0.15) is 0 Å². The van der Waals surface area contributed by atoms with Crippen LogP contribution in [0.25, 0.3) is 0 Å². The lowest BCUT2D eigenvalue weighted by atomic mass is 10.0. The molecule has 0 atom stereocenters. The SMILES string of the molecule is CC(=O)N(C)C1CCN(CC2CCCC2)CC1. The van der Waals surface area contributed by atoms with Crippen LogP contribution in [-0.2, 0) is 4.79 Å². The summed E-state index contributed by atoms with van der Waals surface area (Å²) in [6, 6.07) is 0.479. The van der Waals surface area contributed by atoms with Gasteiger partial charge in [0.1, 0.15) is 0 Å². The van der Waals surface area contributed by atoms with Crippen molar-refractivity contribution in [2.24, 2.45) is 5.92 Å². The molecule has 2 aliphatic rings. The summed E-state index contributed by atoms with van der Waals surface area (Å²) in [4.78, 5) is 15.9. The largest absolute Gasteiger partial charge is 0.343 e. The fourth-order valence-electron chi connectivity index (χ4n) is 3.30. The van der Waals surface area contributed by atoms with Gasteiger partial charge in [0, 0.05) is 39.6 Å². The number of amides is 1. The second kappa shape index (κ2) is 5.85. The Morgan fingerprint density at radius 2 is 1.76 bits per heavy atom. The average Bonchev–Trinajstić information content (AvgIpc) is 2.82. The Labute approximate surface area is 105 Å². The Morgan fingerprint density at radius 1 is 1.18 bits per heavy atom. The number of carbonyl (C=O) groups excluding carboxylic acids is 1. The zero-order valence-corrected chi connectivity index (χ0v) is 11.3. The molecule has 0 spiro atoms. The molecule has 1 amide bonds. The minimum absolute atomic E-state index is 0.208. The van der Waals surface area contributed by atoms with E-state index in [1.54, 1.807) is 6.92 Å². The van der Waals surface area contributed by atoms with Gasteiger partial charge in [-0.05, 0) is 31.6 Å². The van der Waals surface area contributed by atoms with Crippen LogP contribution in [0.1, 0.15) is 45.4 Å². The van der Waals surface area contributed by atoms with Gasteiger partial charge in [-0.3, -0.25) is 4.79 Å². The second-order valence-corrected chi connectivity index (χ2v) is 5.81. The predicted molar refractivity (Wildman–Crippen MR) is 69.9 cm³/mol. The highest BCUT2D eigenvalue weighted by molar-refractivity contribution is 5.73. The van der Waals surface area contributed by atoms with E-state index in [-0.39, 0.29) is 5.91 Å². The highest BCUT2D eigenvalue weighted by Crippen LogP contribution is 2.26. The van der Waals surface area contributed by atoms with Crippen LogP contribution in [0.4, 0.5) is 0 Å². The quantitative estimate of drug-likeness (QED) is 0.752. The predicted octanol–water partition coefficient (Wildman–Crippen LogP) is 2.12. The maximum Gasteiger partial charge on any atom is 0.219 e. The van der Waals surface area contributed by atoms with E-state index >= 15 is 0 Å². The standard InChI is InChI=1S/C14H26N2O/c1-12(17)15(2)14-7-9-16(10-8-14)11-13-5-3-4-6-13/h13-14H,3-11H2,1-2H3. The van der Waals surface area contributed by atoms with Gasteiger partial charge < -0.3 is 9.80 Å². The third-order valence-corrected chi connectivity index (χ3v) is 4.59. The Balaban J connectivity index is 1.72. The highest BCUT2D eigenvalue weighted by atomic mass is 16.2. The summed E-state index contributed by atoms with van der Waals surface area (Å²) in [6.45, 7) is 5.33. The molecule has 0 unspecified atom stereocenters. The summed E-state index contributed by atoms with van der Waals surface area (Å²) >= 11 is 0. The number of piperidine rings is 1. The van der Waals surface area contributed by atoms with Crippen molar-refractivity contribution in [2.75, 3.05) is 26.7 Å². The fourth-order valence-corrected chi connectivity index (χ4v) is 3.30. The van der Waals surface area contributed by atoms with Crippen molar-refractivity contribution in [3.05, 3.63) is 0 Å². The van der Waals surface area contributed by atoms with E-state index in [9.17, 15) is 4.79 Å². The minimum atomic E-state index is 0.208. The monoisotopic (exact) mass is 238 g/mol. The molecule has 17 heavy (non-hydrogen) atoms. The van der Waals surface area contributed by atoms with Crippen LogP contribution in [0.5, 0.6) is 0 Å². The zero-order chi connectivity index (χ0) is 12.3. The van der Waals surface area contributed by atoms with Gasteiger partial charge in [0.15, 0.2) is 0 Å². The Kier molecular flexibility index (Phi) is 4.43. The van der Waals surface area contributed by atoms with Crippen molar-refractivity contribution in [1.29, 1.82) is 0 Å². The van der Waals surface area contributed by atoms with Crippen molar-refractivity contribution in [1.82, 2.24) is 9.80 Å². The third-order valence-electron chi connectivity index (χ3n) is 4.59. The third kappa shape index (κ3) is 3.44. The Hall–Kier alpha value is -0.570. The molecular weight excluding hydrogens is 212 g/mol. The van der Waals surface area contributed by atoms with E-state index in [4.69, 9.17) is 0 Å². The fraction of sp³-hybridized carbons (Fsp3) is 0.929. The topological polar surface area (TPSA) is 23.6 Å². The molecule has 1 aliphatic heterocycles. The maximum atomic E-state index is 11.3. The molecule has 0 aromatic rings. The van der Waals surface area contributed by atoms with E-state index in [0.29, 0.717) is 6.04 Å². The first-order valence-corrected chi connectivity index (χ1v) is 7.12. The lowest BCUT2D eigenvalue weighted by Crippen LogP contribution is -2.45. The number of hydrogen-bond acceptors (Lipinski definition) is 2. The molecule has 1 aliphatic carbocycles. The van der Waals surface area contributed by atoms with Crippen LogP contribution in [0.3, 0.4) is 0 Å². The molecule has 2 rings (SSSR count). The van der Waals surface area contributed by atoms with Crippen LogP contribution < -0.4 is 0 Å². The molecule has 0 aromatic carbocycles. The number of hydrogen-bond donors (Lipinski definition) is 0. The molecule has 98 valence electrons. The normalized spacial score (nSPS) is 24.1. The van der Waals surface area contributed by atoms with Crippen LogP contribution in [0, 0.1) is 5.92 Å². The van der Waals surface area contributed by atoms with Gasteiger partial charge >= 0.3 is 0 Å². The van der Waals surface area contributed by atoms with Crippen molar-refractivity contribution >= 4 is 5.91 Å². The van der Waals surface area contributed by atoms with E-state index in [1.165, 1.54) is 45.3 Å². The van der Waals surface area contributed by atoms with E-state index in [0.717, 1.165) is 18.8 Å². The molecule has 3 heteroatoms. The lowest BCUT2D eigenvalue weighted by molar-refractivity contribution is -0.130. The van der Waals surface area contributed by atoms with Gasteiger partial charge in [0.25, 0.3) is 0 Å². The van der Waals surface area contributed by atoms with Crippen LogP contribution in [0.2, 0.25) is 0 Å². The molecule has 1 heterocycles. The molecular formula is C14H26N2O. The summed E-state index contributed by atoms with van der Waals surface area (Å²) in [5.41, 5.74) is 0. The first kappa shape index (κ1) is 12.9. The minimum Gasteiger partial charge on any atom is -0.343 e. The summed E-state index contributed by atoms with van der Waals surface area (Å²) < 4.78 is 0. The number of likely N-dealkylation sites (tertiary alicyclic amines) is 1. The van der Waals surface area contributed by atoms with Gasteiger partial charge in [0.2, 0.25) is 5.91 Å². The Bertz CT molecular complexity index is 253. The molecule has 0 N–H and O–H groups in total. The number of rotatable bonds is 3. The van der Waals surface area contributed by atoms with Crippen LogP contribution >= 0.6 is 0 Å². The lowest BCUT2D eigenvalue weighted by Gasteiger charge is -2.37. The maximum absolute atomic E-state index is 11.3. The Morgan fingerprint density at radius 3 is 2.29 bits per heavy atom. The number of nitrogens with zero attached hydrogens (tertiary/aromatic N) is 2. The van der Waals surface area contributed by atoms with Crippen LogP contribution in [0.15, 0.2) is 0 Å². The molecule has 3 nitrogen and oxygen atoms in total. The van der Waals surface area contributed by atoms with Crippen molar-refractivity contribution in [3.8, 4) is 0 Å². The molecule has 0 radical (unpaired) electrons. The van der Waals surface area contributed by atoms with E-state index in [2.05, 4.69) is 4.90 Å². The van der Waals surface area contributed by atoms with Crippen molar-refractivity contribution in [2.45, 2.75) is 51.5 Å². The molecule has 1 saturated carbocycles. The van der Waals surface area contributed by atoms with Gasteiger partial charge in [-0.1, -0.05) is 12.8 Å². The molecule has 1 saturated heterocycles. The van der Waals surface area contributed by atoms with E-state index in [1.807, 2.05) is 11.9 Å².